The average molecular weight is 521 g/mol. The number of phenolic OH excluding ortho intramolecular Hbond substituents is 1. The van der Waals surface area contributed by atoms with Crippen molar-refractivity contribution in [2.45, 2.75) is 19.4 Å². The molecule has 8 heteroatoms. The van der Waals surface area contributed by atoms with Crippen molar-refractivity contribution in [3.63, 3.8) is 0 Å². The van der Waals surface area contributed by atoms with Gasteiger partial charge in [-0.25, -0.2) is 0 Å². The molecule has 36 heavy (non-hydrogen) atoms. The highest BCUT2D eigenvalue weighted by Crippen LogP contribution is 2.38. The van der Waals surface area contributed by atoms with Crippen LogP contribution >= 0.6 is 23.2 Å². The fraction of sp³-hybridized carbons (Fsp3) is 0.214. The number of likely N-dealkylation sites (N-methyl/N-ethyl adjacent to an activating group) is 1. The van der Waals surface area contributed by atoms with E-state index in [2.05, 4.69) is 32.7 Å². The van der Waals surface area contributed by atoms with E-state index in [1.165, 1.54) is 12.6 Å². The van der Waals surface area contributed by atoms with E-state index >= 15 is 0 Å². The van der Waals surface area contributed by atoms with E-state index in [-0.39, 0.29) is 21.6 Å². The van der Waals surface area contributed by atoms with E-state index in [9.17, 15) is 9.90 Å². The van der Waals surface area contributed by atoms with Crippen molar-refractivity contribution in [1.29, 1.82) is 0 Å². The van der Waals surface area contributed by atoms with Gasteiger partial charge in [-0.15, -0.1) is 0 Å². The van der Waals surface area contributed by atoms with Gasteiger partial charge in [-0.1, -0.05) is 29.3 Å². The Labute approximate surface area is 219 Å². The number of rotatable bonds is 6. The van der Waals surface area contributed by atoms with E-state index in [1.54, 1.807) is 18.3 Å². The van der Waals surface area contributed by atoms with Gasteiger partial charge in [0.25, 0.3) is 0 Å². The van der Waals surface area contributed by atoms with E-state index < -0.39 is 0 Å². The zero-order valence-corrected chi connectivity index (χ0v) is 21.5. The molecule has 1 aliphatic rings. The lowest BCUT2D eigenvalue weighted by Gasteiger charge is -2.20. The summed E-state index contributed by atoms with van der Waals surface area (Å²) in [6, 6.07) is 17.8. The number of benzene rings is 3. The minimum atomic E-state index is -0.149. The number of carbonyl (C=O) groups excluding carboxylic acids is 1. The van der Waals surface area contributed by atoms with Crippen LogP contribution in [0.2, 0.25) is 10.0 Å². The maximum atomic E-state index is 12.5. The highest BCUT2D eigenvalue weighted by atomic mass is 35.5. The molecule has 0 radical (unpaired) electrons. The summed E-state index contributed by atoms with van der Waals surface area (Å²) in [5.74, 6) is -0.232. The Kier molecular flexibility index (Phi) is 6.75. The maximum absolute atomic E-state index is 12.5. The molecule has 3 N–H and O–H groups in total. The number of nitrogens with one attached hydrogen (secondary N) is 2. The standard InChI is InChI=1S/C28H26Cl2N4O2/c1-16(35)23-14-32-26-8-3-17(18-12-24(29)28(36)25(30)13-18)11-22(26)27(23)33-19-4-6-21(7-5-19)34-10-9-20(15-34)31-2/h3-8,11-14,20,31,36H,9-10,15H2,1-2H3,(H,32,33). The Hall–Kier alpha value is -3.32. The number of pyridine rings is 1. The predicted octanol–water partition coefficient (Wildman–Crippen LogP) is 6.66. The van der Waals surface area contributed by atoms with Gasteiger partial charge in [-0.2, -0.15) is 0 Å². The second-order valence-electron chi connectivity index (χ2n) is 9.02. The quantitative estimate of drug-likeness (QED) is 0.247. The molecule has 1 saturated heterocycles. The number of anilines is 3. The largest absolute Gasteiger partial charge is 0.505 e. The van der Waals surface area contributed by atoms with Crippen molar-refractivity contribution in [1.82, 2.24) is 10.3 Å². The first-order valence-corrected chi connectivity index (χ1v) is 12.5. The zero-order valence-electron chi connectivity index (χ0n) is 20.0. The summed E-state index contributed by atoms with van der Waals surface area (Å²) >= 11 is 12.3. The number of ketones is 1. The van der Waals surface area contributed by atoms with Gasteiger partial charge in [0.05, 0.1) is 26.8 Å². The number of fused-ring (bicyclic) bond motifs is 1. The maximum Gasteiger partial charge on any atom is 0.163 e. The van der Waals surface area contributed by atoms with E-state index in [0.717, 1.165) is 47.2 Å². The molecule has 0 aliphatic carbocycles. The minimum absolute atomic E-state index is 0.0835. The molecule has 6 nitrogen and oxygen atoms in total. The summed E-state index contributed by atoms with van der Waals surface area (Å²) in [6.07, 6.45) is 2.73. The van der Waals surface area contributed by atoms with Crippen LogP contribution in [0.3, 0.4) is 0 Å². The summed E-state index contributed by atoms with van der Waals surface area (Å²) in [7, 11) is 2.00. The molecule has 4 aromatic rings. The molecule has 5 rings (SSSR count). The molecule has 0 saturated carbocycles. The predicted molar refractivity (Wildman–Crippen MR) is 148 cm³/mol. The van der Waals surface area contributed by atoms with Gasteiger partial charge >= 0.3 is 0 Å². The first-order valence-electron chi connectivity index (χ1n) is 11.8. The van der Waals surface area contributed by atoms with Crippen LogP contribution in [0.1, 0.15) is 23.7 Å². The van der Waals surface area contributed by atoms with Crippen LogP contribution in [0.5, 0.6) is 5.75 Å². The number of carbonyl (C=O) groups is 1. The number of nitrogens with zero attached hydrogens (tertiary/aromatic N) is 2. The van der Waals surface area contributed by atoms with Crippen LogP contribution in [0.15, 0.2) is 60.8 Å². The summed E-state index contributed by atoms with van der Waals surface area (Å²) in [6.45, 7) is 3.54. The van der Waals surface area contributed by atoms with Crippen molar-refractivity contribution in [2.75, 3.05) is 30.4 Å². The van der Waals surface area contributed by atoms with Crippen molar-refractivity contribution in [3.8, 4) is 16.9 Å². The Balaban J connectivity index is 1.53. The molecule has 1 aromatic heterocycles. The normalized spacial score (nSPS) is 15.4. The highest BCUT2D eigenvalue weighted by molar-refractivity contribution is 6.37. The first kappa shape index (κ1) is 24.4. The number of phenols is 1. The van der Waals surface area contributed by atoms with Gasteiger partial charge in [-0.05, 0) is 80.1 Å². The van der Waals surface area contributed by atoms with Crippen molar-refractivity contribution < 1.29 is 9.90 Å². The number of halogens is 2. The lowest BCUT2D eigenvalue weighted by Crippen LogP contribution is -2.29. The second kappa shape index (κ2) is 9.97. The van der Waals surface area contributed by atoms with Crippen LogP contribution in [-0.4, -0.2) is 42.1 Å². The lowest BCUT2D eigenvalue weighted by molar-refractivity contribution is 0.101. The Bertz CT molecular complexity index is 1430. The molecule has 0 bridgehead atoms. The number of aromatic nitrogens is 1. The monoisotopic (exact) mass is 520 g/mol. The number of hydrogen-bond acceptors (Lipinski definition) is 6. The fourth-order valence-corrected chi connectivity index (χ4v) is 5.12. The SMILES string of the molecule is CNC1CCN(c2ccc(Nc3c(C(C)=O)cnc4ccc(-c5cc(Cl)c(O)c(Cl)c5)cc34)cc2)C1. The summed E-state index contributed by atoms with van der Waals surface area (Å²) in [5, 5.41) is 17.9. The summed E-state index contributed by atoms with van der Waals surface area (Å²) in [4.78, 5) is 19.4. The first-order chi connectivity index (χ1) is 17.3. The van der Waals surface area contributed by atoms with Crippen LogP contribution in [0.25, 0.3) is 22.0 Å². The highest BCUT2D eigenvalue weighted by Gasteiger charge is 2.21. The van der Waals surface area contributed by atoms with Gasteiger partial charge in [0, 0.05) is 42.1 Å². The third-order valence-electron chi connectivity index (χ3n) is 6.70. The smallest absolute Gasteiger partial charge is 0.163 e. The van der Waals surface area contributed by atoms with Crippen LogP contribution in [0, 0.1) is 0 Å². The topological polar surface area (TPSA) is 77.5 Å². The molecule has 2 heterocycles. The average Bonchev–Trinajstić information content (AvgIpc) is 3.36. The van der Waals surface area contributed by atoms with Crippen molar-refractivity contribution in [3.05, 3.63) is 76.4 Å². The van der Waals surface area contributed by atoms with E-state index in [4.69, 9.17) is 23.2 Å². The third kappa shape index (κ3) is 4.72. The molecule has 3 aromatic carbocycles. The molecule has 0 amide bonds. The third-order valence-corrected chi connectivity index (χ3v) is 7.27. The zero-order chi connectivity index (χ0) is 25.4. The molecular formula is C28H26Cl2N4O2. The van der Waals surface area contributed by atoms with Crippen LogP contribution in [-0.2, 0) is 0 Å². The van der Waals surface area contributed by atoms with Gasteiger partial charge in [0.1, 0.15) is 0 Å². The summed E-state index contributed by atoms with van der Waals surface area (Å²) in [5.41, 5.74) is 5.57. The molecule has 1 aliphatic heterocycles. The Morgan fingerprint density at radius 3 is 2.42 bits per heavy atom. The lowest BCUT2D eigenvalue weighted by atomic mass is 10.00. The number of Topliss-reactive ketones (excluding diaryl/α,β-unsaturated/α-hetero) is 1. The molecule has 184 valence electrons. The van der Waals surface area contributed by atoms with Crippen molar-refractivity contribution >= 4 is 57.0 Å². The van der Waals surface area contributed by atoms with E-state index in [0.29, 0.717) is 17.3 Å². The van der Waals surface area contributed by atoms with Crippen molar-refractivity contribution in [2.24, 2.45) is 0 Å². The van der Waals surface area contributed by atoms with Crippen LogP contribution < -0.4 is 15.5 Å². The van der Waals surface area contributed by atoms with E-state index in [1.807, 2.05) is 37.4 Å². The van der Waals surface area contributed by atoms with Gasteiger partial charge < -0.3 is 20.6 Å². The molecule has 0 spiro atoms. The molecule has 1 atom stereocenters. The molecule has 1 unspecified atom stereocenters. The Morgan fingerprint density at radius 2 is 1.78 bits per heavy atom. The van der Waals surface area contributed by atoms with Gasteiger partial charge in [0.2, 0.25) is 0 Å². The van der Waals surface area contributed by atoms with Crippen LogP contribution in [0.4, 0.5) is 17.1 Å². The fourth-order valence-electron chi connectivity index (χ4n) is 4.64. The molecular weight excluding hydrogens is 495 g/mol. The minimum Gasteiger partial charge on any atom is -0.505 e. The summed E-state index contributed by atoms with van der Waals surface area (Å²) < 4.78 is 0. The van der Waals surface area contributed by atoms with Gasteiger partial charge in [0.15, 0.2) is 11.5 Å². The van der Waals surface area contributed by atoms with Gasteiger partial charge in [-0.3, -0.25) is 9.78 Å². The number of aromatic hydroxyl groups is 1. The number of hydrogen-bond donors (Lipinski definition) is 3. The second-order valence-corrected chi connectivity index (χ2v) is 9.83. The molecule has 1 fully saturated rings. The Morgan fingerprint density at radius 1 is 1.06 bits per heavy atom.